The minimum atomic E-state index is -3.49. The van der Waals surface area contributed by atoms with Crippen LogP contribution in [-0.2, 0) is 16.6 Å². The van der Waals surface area contributed by atoms with Crippen molar-refractivity contribution >= 4 is 10.0 Å². The third kappa shape index (κ3) is 4.94. The summed E-state index contributed by atoms with van der Waals surface area (Å²) in [6, 6.07) is 1.58. The lowest BCUT2D eigenvalue weighted by Crippen LogP contribution is -2.31. The second-order valence-corrected chi connectivity index (χ2v) is 6.35. The average molecular weight is 289 g/mol. The first-order valence-corrected chi connectivity index (χ1v) is 7.79. The zero-order valence-electron chi connectivity index (χ0n) is 12.0. The van der Waals surface area contributed by atoms with Crippen molar-refractivity contribution in [3.8, 4) is 0 Å². The van der Waals surface area contributed by atoms with E-state index in [1.54, 1.807) is 13.0 Å². The summed E-state index contributed by atoms with van der Waals surface area (Å²) in [7, 11) is 0.301. The molecule has 1 heterocycles. The van der Waals surface area contributed by atoms with Gasteiger partial charge in [-0.1, -0.05) is 6.92 Å². The molecule has 0 unspecified atom stereocenters. The summed E-state index contributed by atoms with van der Waals surface area (Å²) < 4.78 is 32.2. The van der Waals surface area contributed by atoms with Crippen LogP contribution in [0, 0.1) is 6.92 Å². The van der Waals surface area contributed by atoms with Crippen LogP contribution in [0.1, 0.15) is 18.4 Å². The first-order chi connectivity index (χ1) is 8.86. The molecule has 0 radical (unpaired) electrons. The smallest absolute Gasteiger partial charge is 0.244 e. The number of nitrogens with zero attached hydrogens (tertiary/aromatic N) is 1. The average Bonchev–Trinajstić information content (AvgIpc) is 2.68. The summed E-state index contributed by atoms with van der Waals surface area (Å²) >= 11 is 0. The summed E-state index contributed by atoms with van der Waals surface area (Å²) in [5.41, 5.74) is 0. The molecule has 0 aliphatic carbocycles. The second-order valence-electron chi connectivity index (χ2n) is 4.61. The molecule has 0 aliphatic rings. The summed E-state index contributed by atoms with van der Waals surface area (Å²) in [6.45, 7) is 6.02. The Bertz CT molecular complexity index is 494. The van der Waals surface area contributed by atoms with E-state index in [1.807, 2.05) is 25.9 Å². The van der Waals surface area contributed by atoms with E-state index in [1.165, 1.54) is 0 Å². The van der Waals surface area contributed by atoms with E-state index in [0.29, 0.717) is 31.2 Å². The topological polar surface area (TPSA) is 74.6 Å². The molecular formula is C12H23N3O3S. The lowest BCUT2D eigenvalue weighted by Gasteiger charge is -2.10. The fourth-order valence-corrected chi connectivity index (χ4v) is 2.83. The van der Waals surface area contributed by atoms with Gasteiger partial charge in [-0.25, -0.2) is 13.1 Å². The van der Waals surface area contributed by atoms with E-state index in [4.69, 9.17) is 4.42 Å². The molecule has 0 saturated heterocycles. The van der Waals surface area contributed by atoms with E-state index < -0.39 is 10.0 Å². The lowest BCUT2D eigenvalue weighted by molar-refractivity contribution is 0.412. The van der Waals surface area contributed by atoms with Crippen LogP contribution in [0.5, 0.6) is 0 Å². The van der Waals surface area contributed by atoms with E-state index in [9.17, 15) is 8.42 Å². The third-order valence-electron chi connectivity index (χ3n) is 2.61. The van der Waals surface area contributed by atoms with Gasteiger partial charge < -0.3 is 14.6 Å². The Kier molecular flexibility index (Phi) is 5.99. The van der Waals surface area contributed by atoms with Gasteiger partial charge in [0.1, 0.15) is 16.4 Å². The summed E-state index contributed by atoms with van der Waals surface area (Å²) in [6.07, 6.45) is 0. The van der Waals surface area contributed by atoms with Crippen molar-refractivity contribution in [1.82, 2.24) is 14.9 Å². The molecule has 1 rings (SSSR count). The van der Waals surface area contributed by atoms with Crippen molar-refractivity contribution in [1.29, 1.82) is 0 Å². The van der Waals surface area contributed by atoms with Crippen molar-refractivity contribution in [2.45, 2.75) is 25.3 Å². The van der Waals surface area contributed by atoms with Gasteiger partial charge in [-0.3, -0.25) is 0 Å². The Hall–Kier alpha value is -0.890. The predicted molar refractivity (Wildman–Crippen MR) is 74.6 cm³/mol. The Labute approximate surface area is 115 Å². The van der Waals surface area contributed by atoms with Gasteiger partial charge in [0.2, 0.25) is 10.0 Å². The maximum atomic E-state index is 12.1. The third-order valence-corrected chi connectivity index (χ3v) is 4.18. The maximum Gasteiger partial charge on any atom is 0.244 e. The van der Waals surface area contributed by atoms with Crippen LogP contribution in [0.4, 0.5) is 0 Å². The highest BCUT2D eigenvalue weighted by molar-refractivity contribution is 7.89. The lowest BCUT2D eigenvalue weighted by atomic mass is 10.4. The molecule has 0 fully saturated rings. The number of sulfonamides is 1. The molecule has 7 heteroatoms. The van der Waals surface area contributed by atoms with E-state index >= 15 is 0 Å². The molecule has 0 aliphatic heterocycles. The Morgan fingerprint density at radius 3 is 2.63 bits per heavy atom. The summed E-state index contributed by atoms with van der Waals surface area (Å²) in [5.74, 6) is 1.05. The zero-order valence-corrected chi connectivity index (χ0v) is 12.8. The normalized spacial score (nSPS) is 12.3. The number of hydrogen-bond donors (Lipinski definition) is 2. The van der Waals surface area contributed by atoms with Crippen molar-refractivity contribution < 1.29 is 12.8 Å². The standard InChI is InChI=1S/C12H23N3O3S/c1-5-13-9-11-8-12(10(2)18-11)19(16,17)14-6-7-15(3)4/h8,13-14H,5-7,9H2,1-4H3. The van der Waals surface area contributed by atoms with Gasteiger partial charge in [-0.15, -0.1) is 0 Å². The predicted octanol–water partition coefficient (Wildman–Crippen LogP) is 0.537. The molecule has 6 nitrogen and oxygen atoms in total. The molecule has 1 aromatic rings. The van der Waals surface area contributed by atoms with Crippen molar-refractivity contribution in [3.05, 3.63) is 17.6 Å². The number of likely N-dealkylation sites (N-methyl/N-ethyl adjacent to an activating group) is 1. The molecule has 110 valence electrons. The molecule has 1 aromatic heterocycles. The highest BCUT2D eigenvalue weighted by Gasteiger charge is 2.20. The van der Waals surface area contributed by atoms with Gasteiger partial charge in [0.05, 0.1) is 6.54 Å². The molecule has 0 aromatic carbocycles. The molecule has 0 saturated carbocycles. The van der Waals surface area contributed by atoms with E-state index in [2.05, 4.69) is 10.0 Å². The number of furan rings is 1. The fourth-order valence-electron chi connectivity index (χ4n) is 1.61. The van der Waals surface area contributed by atoms with Crippen molar-refractivity contribution in [3.63, 3.8) is 0 Å². The first-order valence-electron chi connectivity index (χ1n) is 6.31. The first kappa shape index (κ1) is 16.2. The fraction of sp³-hybridized carbons (Fsp3) is 0.667. The second kappa shape index (κ2) is 7.04. The Morgan fingerprint density at radius 1 is 1.37 bits per heavy atom. The molecule has 0 spiro atoms. The summed E-state index contributed by atoms with van der Waals surface area (Å²) in [4.78, 5) is 2.14. The molecule has 0 atom stereocenters. The monoisotopic (exact) mass is 289 g/mol. The number of aryl methyl sites for hydroxylation is 1. The highest BCUT2D eigenvalue weighted by Crippen LogP contribution is 2.19. The number of rotatable bonds is 8. The molecule has 0 amide bonds. The number of nitrogens with one attached hydrogen (secondary N) is 2. The quantitative estimate of drug-likeness (QED) is 0.730. The minimum absolute atomic E-state index is 0.221. The van der Waals surface area contributed by atoms with Gasteiger partial charge in [-0.2, -0.15) is 0 Å². The van der Waals surface area contributed by atoms with Crippen LogP contribution in [-0.4, -0.2) is 47.0 Å². The molecule has 0 bridgehead atoms. The Morgan fingerprint density at radius 2 is 2.05 bits per heavy atom. The van der Waals surface area contributed by atoms with Crippen LogP contribution in [0.2, 0.25) is 0 Å². The molecule has 2 N–H and O–H groups in total. The minimum Gasteiger partial charge on any atom is -0.464 e. The van der Waals surface area contributed by atoms with Gasteiger partial charge in [0, 0.05) is 19.2 Å². The van der Waals surface area contributed by atoms with E-state index in [-0.39, 0.29) is 4.90 Å². The van der Waals surface area contributed by atoms with Gasteiger partial charge in [0.25, 0.3) is 0 Å². The zero-order chi connectivity index (χ0) is 14.5. The SMILES string of the molecule is CCNCc1cc(S(=O)(=O)NCCN(C)C)c(C)o1. The highest BCUT2D eigenvalue weighted by atomic mass is 32.2. The van der Waals surface area contributed by atoms with Crippen LogP contribution in [0.3, 0.4) is 0 Å². The Balaban J connectivity index is 2.74. The largest absolute Gasteiger partial charge is 0.464 e. The van der Waals surface area contributed by atoms with Crippen LogP contribution >= 0.6 is 0 Å². The van der Waals surface area contributed by atoms with Crippen molar-refractivity contribution in [2.24, 2.45) is 0 Å². The maximum absolute atomic E-state index is 12.1. The molecular weight excluding hydrogens is 266 g/mol. The van der Waals surface area contributed by atoms with Crippen LogP contribution < -0.4 is 10.0 Å². The van der Waals surface area contributed by atoms with Gasteiger partial charge in [0.15, 0.2) is 0 Å². The van der Waals surface area contributed by atoms with Gasteiger partial charge in [-0.05, 0) is 27.6 Å². The summed E-state index contributed by atoms with van der Waals surface area (Å²) in [5, 5.41) is 3.10. The van der Waals surface area contributed by atoms with Crippen molar-refractivity contribution in [2.75, 3.05) is 33.7 Å². The van der Waals surface area contributed by atoms with Gasteiger partial charge >= 0.3 is 0 Å². The van der Waals surface area contributed by atoms with Crippen LogP contribution in [0.25, 0.3) is 0 Å². The van der Waals surface area contributed by atoms with Crippen LogP contribution in [0.15, 0.2) is 15.4 Å². The van der Waals surface area contributed by atoms with E-state index in [0.717, 1.165) is 6.54 Å². The molecule has 19 heavy (non-hydrogen) atoms. The number of hydrogen-bond acceptors (Lipinski definition) is 5.